The van der Waals surface area contributed by atoms with E-state index in [1.807, 2.05) is 0 Å². The molecule has 0 spiro atoms. The minimum absolute atomic E-state index is 0.0293. The maximum Gasteiger partial charge on any atom is 0.294 e. The molecule has 3 aromatic rings. The average Bonchev–Trinajstić information content (AvgIpc) is 2.72. The summed E-state index contributed by atoms with van der Waals surface area (Å²) in [5.41, 5.74) is 6.96. The van der Waals surface area contributed by atoms with Crippen molar-refractivity contribution < 1.29 is 35.5 Å². The molecule has 0 radical (unpaired) electrons. The maximum absolute atomic E-state index is 12.5. The fraction of sp³-hybridized carbons (Fsp3) is 0.190. The van der Waals surface area contributed by atoms with E-state index in [1.165, 1.54) is 6.07 Å². The Bertz CT molecular complexity index is 1390. The van der Waals surface area contributed by atoms with E-state index in [1.54, 1.807) is 42.5 Å². The molecule has 0 aromatic heterocycles. The fourth-order valence-corrected chi connectivity index (χ4v) is 4.15. The van der Waals surface area contributed by atoms with E-state index in [9.17, 15) is 26.2 Å². The zero-order chi connectivity index (χ0) is 24.2. The molecular formula is C21H22N2O8S2. The van der Waals surface area contributed by atoms with Crippen molar-refractivity contribution in [2.75, 3.05) is 23.4 Å². The van der Waals surface area contributed by atoms with E-state index in [-0.39, 0.29) is 36.0 Å². The first-order valence-electron chi connectivity index (χ1n) is 9.72. The highest BCUT2D eigenvalue weighted by Crippen LogP contribution is 2.32. The minimum Gasteiger partial charge on any atom is -0.493 e. The summed E-state index contributed by atoms with van der Waals surface area (Å²) in [5.74, 6) is -0.684. The van der Waals surface area contributed by atoms with E-state index in [4.69, 9.17) is 15.0 Å². The van der Waals surface area contributed by atoms with Gasteiger partial charge in [-0.3, -0.25) is 13.9 Å². The van der Waals surface area contributed by atoms with Gasteiger partial charge in [-0.1, -0.05) is 6.07 Å². The molecule has 0 saturated heterocycles. The van der Waals surface area contributed by atoms with Crippen LogP contribution in [0.25, 0.3) is 10.8 Å². The van der Waals surface area contributed by atoms with Crippen LogP contribution in [0.2, 0.25) is 0 Å². The first-order valence-corrected chi connectivity index (χ1v) is 12.8. The largest absolute Gasteiger partial charge is 0.493 e. The number of hydrogen-bond acceptors (Lipinski definition) is 7. The molecule has 0 unspecified atom stereocenters. The zero-order valence-electron chi connectivity index (χ0n) is 17.3. The highest BCUT2D eigenvalue weighted by molar-refractivity contribution is 7.86. The zero-order valence-corrected chi connectivity index (χ0v) is 18.9. The van der Waals surface area contributed by atoms with Crippen LogP contribution in [0, 0.1) is 0 Å². The molecule has 0 aliphatic heterocycles. The second kappa shape index (κ2) is 9.75. The van der Waals surface area contributed by atoms with E-state index in [0.29, 0.717) is 27.7 Å². The third-order valence-electron chi connectivity index (χ3n) is 4.67. The number of nitrogen functional groups attached to an aromatic ring is 1. The van der Waals surface area contributed by atoms with Crippen molar-refractivity contribution in [3.63, 3.8) is 0 Å². The summed E-state index contributed by atoms with van der Waals surface area (Å²) in [6.07, 6.45) is 0.405. The van der Waals surface area contributed by atoms with Crippen LogP contribution in [-0.2, 0) is 20.2 Å². The van der Waals surface area contributed by atoms with Crippen LogP contribution in [0.4, 0.5) is 11.4 Å². The van der Waals surface area contributed by atoms with Gasteiger partial charge in [-0.15, -0.1) is 0 Å². The lowest BCUT2D eigenvalue weighted by Gasteiger charge is -2.13. The van der Waals surface area contributed by atoms with E-state index in [0.717, 1.165) is 6.07 Å². The predicted molar refractivity (Wildman–Crippen MR) is 124 cm³/mol. The Morgan fingerprint density at radius 3 is 2.27 bits per heavy atom. The summed E-state index contributed by atoms with van der Waals surface area (Å²) in [6, 6.07) is 13.5. The number of hydrogen-bond donors (Lipinski definition) is 4. The smallest absolute Gasteiger partial charge is 0.294 e. The highest BCUT2D eigenvalue weighted by Gasteiger charge is 2.16. The van der Waals surface area contributed by atoms with Crippen molar-refractivity contribution in [3.05, 3.63) is 60.2 Å². The Balaban J connectivity index is 1.87. The van der Waals surface area contributed by atoms with Gasteiger partial charge in [0.1, 0.15) is 5.75 Å². The van der Waals surface area contributed by atoms with Crippen molar-refractivity contribution in [1.82, 2.24) is 0 Å². The van der Waals surface area contributed by atoms with Gasteiger partial charge >= 0.3 is 0 Å². The van der Waals surface area contributed by atoms with Crippen LogP contribution >= 0.6 is 0 Å². The van der Waals surface area contributed by atoms with Gasteiger partial charge in [-0.05, 0) is 60.7 Å². The molecular weight excluding hydrogens is 472 g/mol. The quantitative estimate of drug-likeness (QED) is 0.198. The number of anilines is 2. The Morgan fingerprint density at radius 2 is 1.64 bits per heavy atom. The number of carbonyl (C=O) groups excluding carboxylic acids is 1. The highest BCUT2D eigenvalue weighted by atomic mass is 32.2. The SMILES string of the molecule is Nc1ccc(C(=O)Nc2ccc3cc(S(=O)(=O)O)cc(OCCCCS(=O)(=O)O)c3c2)cc1. The number of amides is 1. The lowest BCUT2D eigenvalue weighted by atomic mass is 10.1. The Labute approximate surface area is 190 Å². The molecule has 0 bridgehead atoms. The summed E-state index contributed by atoms with van der Waals surface area (Å²) < 4.78 is 68.8. The van der Waals surface area contributed by atoms with Crippen LogP contribution in [-0.4, -0.2) is 44.2 Å². The van der Waals surface area contributed by atoms with Gasteiger partial charge < -0.3 is 15.8 Å². The first kappa shape index (κ1) is 24.5. The standard InChI is InChI=1S/C21H22N2O8S2/c22-16-6-3-14(4-7-16)21(24)23-17-8-5-15-11-18(33(28,29)30)13-20(19(15)12-17)31-9-1-2-10-32(25,26)27/h3-8,11-13H,1-2,9-10,22H2,(H,23,24)(H,25,26,27)(H,28,29,30). The van der Waals surface area contributed by atoms with Crippen LogP contribution in [0.1, 0.15) is 23.2 Å². The summed E-state index contributed by atoms with van der Waals surface area (Å²) >= 11 is 0. The van der Waals surface area contributed by atoms with E-state index < -0.39 is 26.0 Å². The third-order valence-corrected chi connectivity index (χ3v) is 6.31. The molecule has 0 aliphatic rings. The van der Waals surface area contributed by atoms with Crippen molar-refractivity contribution >= 4 is 48.3 Å². The summed E-state index contributed by atoms with van der Waals surface area (Å²) in [7, 11) is -8.60. The lowest BCUT2D eigenvalue weighted by molar-refractivity contribution is 0.102. The summed E-state index contributed by atoms with van der Waals surface area (Å²) in [6.45, 7) is 0.0293. The topological polar surface area (TPSA) is 173 Å². The van der Waals surface area contributed by atoms with Crippen molar-refractivity contribution in [3.8, 4) is 5.75 Å². The molecule has 3 aromatic carbocycles. The number of nitrogens with one attached hydrogen (secondary N) is 1. The van der Waals surface area contributed by atoms with Crippen LogP contribution in [0.3, 0.4) is 0 Å². The van der Waals surface area contributed by atoms with E-state index in [2.05, 4.69) is 5.32 Å². The molecule has 0 atom stereocenters. The number of ether oxygens (including phenoxy) is 1. The predicted octanol–water partition coefficient (Wildman–Crippen LogP) is 2.97. The number of nitrogens with two attached hydrogens (primary N) is 1. The van der Waals surface area contributed by atoms with Crippen LogP contribution in [0.5, 0.6) is 5.75 Å². The van der Waals surface area contributed by atoms with Gasteiger partial charge in [-0.25, -0.2) is 0 Å². The van der Waals surface area contributed by atoms with Gasteiger partial charge in [0.05, 0.1) is 17.3 Å². The molecule has 12 heteroatoms. The van der Waals surface area contributed by atoms with Gasteiger partial charge in [0.25, 0.3) is 26.1 Å². The molecule has 10 nitrogen and oxygen atoms in total. The van der Waals surface area contributed by atoms with Crippen molar-refractivity contribution in [2.24, 2.45) is 0 Å². The molecule has 1 amide bonds. The first-order chi connectivity index (χ1) is 15.4. The molecule has 0 heterocycles. The number of fused-ring (bicyclic) bond motifs is 1. The molecule has 3 rings (SSSR count). The third kappa shape index (κ3) is 6.89. The van der Waals surface area contributed by atoms with Crippen molar-refractivity contribution in [1.29, 1.82) is 0 Å². The number of benzene rings is 3. The Hall–Kier alpha value is -3.19. The monoisotopic (exact) mass is 494 g/mol. The van der Waals surface area contributed by atoms with Crippen LogP contribution < -0.4 is 15.8 Å². The summed E-state index contributed by atoms with van der Waals surface area (Å²) in [4.78, 5) is 12.1. The van der Waals surface area contributed by atoms with Gasteiger partial charge in [0.2, 0.25) is 0 Å². The molecule has 0 fully saturated rings. The minimum atomic E-state index is -4.51. The van der Waals surface area contributed by atoms with Gasteiger partial charge in [0.15, 0.2) is 0 Å². The number of rotatable bonds is 9. The Kier molecular flexibility index (Phi) is 7.22. The average molecular weight is 495 g/mol. The van der Waals surface area contributed by atoms with Gasteiger partial charge in [-0.2, -0.15) is 16.8 Å². The van der Waals surface area contributed by atoms with Crippen LogP contribution in [0.15, 0.2) is 59.5 Å². The molecule has 176 valence electrons. The Morgan fingerprint density at radius 1 is 0.939 bits per heavy atom. The summed E-state index contributed by atoms with van der Waals surface area (Å²) in [5, 5.41) is 3.64. The van der Waals surface area contributed by atoms with Gasteiger partial charge in [0, 0.05) is 28.4 Å². The molecule has 0 aliphatic carbocycles. The van der Waals surface area contributed by atoms with Crippen molar-refractivity contribution in [2.45, 2.75) is 17.7 Å². The molecule has 0 saturated carbocycles. The normalized spacial score (nSPS) is 11.9. The maximum atomic E-state index is 12.5. The fourth-order valence-electron chi connectivity index (χ4n) is 3.05. The molecule has 33 heavy (non-hydrogen) atoms. The van der Waals surface area contributed by atoms with E-state index >= 15 is 0 Å². The number of unbranched alkanes of at least 4 members (excludes halogenated alkanes) is 1. The molecule has 5 N–H and O–H groups in total. The number of carbonyl (C=O) groups is 1. The second-order valence-corrected chi connectivity index (χ2v) is 10.2. The second-order valence-electron chi connectivity index (χ2n) is 7.25. The lowest BCUT2D eigenvalue weighted by Crippen LogP contribution is -2.12.